The Labute approximate surface area is 102 Å². The highest BCUT2D eigenvalue weighted by atomic mass is 16.1. The number of nitrogens with two attached hydrogens (primary N) is 1. The van der Waals surface area contributed by atoms with Gasteiger partial charge in [-0.1, -0.05) is 18.2 Å². The number of benzene rings is 1. The van der Waals surface area contributed by atoms with Crippen molar-refractivity contribution in [3.63, 3.8) is 0 Å². The molecule has 3 N–H and O–H groups in total. The molecule has 0 aliphatic rings. The van der Waals surface area contributed by atoms with Crippen LogP contribution >= 0.6 is 0 Å². The second-order valence-corrected chi connectivity index (χ2v) is 3.96. The quantitative estimate of drug-likeness (QED) is 0.673. The summed E-state index contributed by atoms with van der Waals surface area (Å²) in [6.45, 7) is 0. The van der Waals surface area contributed by atoms with E-state index >= 15 is 0 Å². The minimum absolute atomic E-state index is 0.169. The first-order valence-corrected chi connectivity index (χ1v) is 5.45. The zero-order chi connectivity index (χ0) is 12.5. The number of hydrogen-bond acceptors (Lipinski definition) is 4. The van der Waals surface area contributed by atoms with E-state index in [0.29, 0.717) is 5.69 Å². The smallest absolute Gasteiger partial charge is 0.271 e. The van der Waals surface area contributed by atoms with Gasteiger partial charge in [0, 0.05) is 17.1 Å². The fraction of sp³-hybridized carbons (Fsp3) is 0. The lowest BCUT2D eigenvalue weighted by atomic mass is 10.1. The molecule has 0 saturated heterocycles. The van der Waals surface area contributed by atoms with Gasteiger partial charge < -0.3 is 10.7 Å². The number of rotatable bonds is 1. The molecule has 0 aliphatic carbocycles. The van der Waals surface area contributed by atoms with Gasteiger partial charge in [0.25, 0.3) is 5.56 Å². The third-order valence-electron chi connectivity index (χ3n) is 2.72. The fourth-order valence-corrected chi connectivity index (χ4v) is 1.77. The van der Waals surface area contributed by atoms with Gasteiger partial charge >= 0.3 is 0 Å². The Hall–Kier alpha value is -2.69. The lowest BCUT2D eigenvalue weighted by Gasteiger charge is -2.02. The summed E-state index contributed by atoms with van der Waals surface area (Å²) in [5, 5.41) is 9.24. The first-order valence-electron chi connectivity index (χ1n) is 5.45. The number of aromatic nitrogens is 3. The van der Waals surface area contributed by atoms with Gasteiger partial charge in [0.1, 0.15) is 0 Å². The molecular formula is C13H10N4O. The number of nitrogens with zero attached hydrogens (tertiary/aromatic N) is 2. The average molecular weight is 238 g/mol. The van der Waals surface area contributed by atoms with E-state index < -0.39 is 0 Å². The summed E-state index contributed by atoms with van der Waals surface area (Å²) in [4.78, 5) is 13.8. The maximum Gasteiger partial charge on any atom is 0.271 e. The third-order valence-corrected chi connectivity index (χ3v) is 2.72. The molecule has 2 heterocycles. The van der Waals surface area contributed by atoms with Crippen LogP contribution in [-0.4, -0.2) is 15.2 Å². The summed E-state index contributed by atoms with van der Waals surface area (Å²) in [5.41, 5.74) is 7.70. The maximum absolute atomic E-state index is 11.2. The lowest BCUT2D eigenvalue weighted by Crippen LogP contribution is -2.10. The van der Waals surface area contributed by atoms with E-state index in [2.05, 4.69) is 15.2 Å². The topological polar surface area (TPSA) is 84.7 Å². The van der Waals surface area contributed by atoms with Gasteiger partial charge in [0.05, 0.1) is 16.9 Å². The molecule has 18 heavy (non-hydrogen) atoms. The molecule has 5 heteroatoms. The van der Waals surface area contributed by atoms with Crippen molar-refractivity contribution >= 4 is 16.6 Å². The van der Waals surface area contributed by atoms with Crippen molar-refractivity contribution in [3.05, 3.63) is 52.9 Å². The van der Waals surface area contributed by atoms with Gasteiger partial charge in [-0.15, -0.1) is 10.2 Å². The Balaban J connectivity index is 2.19. The van der Waals surface area contributed by atoms with E-state index in [1.807, 2.05) is 30.3 Å². The number of nitrogens with one attached hydrogen (secondary N) is 1. The average Bonchev–Trinajstić information content (AvgIpc) is 2.41. The van der Waals surface area contributed by atoms with Crippen molar-refractivity contribution in [2.45, 2.75) is 0 Å². The molecule has 3 rings (SSSR count). The molecule has 88 valence electrons. The Morgan fingerprint density at radius 1 is 1.11 bits per heavy atom. The predicted octanol–water partition coefficient (Wildman–Crippen LogP) is 1.57. The fourth-order valence-electron chi connectivity index (χ4n) is 1.77. The number of pyridine rings is 1. The first-order chi connectivity index (χ1) is 8.74. The molecule has 0 radical (unpaired) electrons. The van der Waals surface area contributed by atoms with Gasteiger partial charge in [-0.3, -0.25) is 4.79 Å². The van der Waals surface area contributed by atoms with Crippen molar-refractivity contribution in [2.24, 2.45) is 0 Å². The standard InChI is InChI=1S/C13H10N4O/c14-10-5-9(7-15-13(10)18)12-6-8-3-1-2-4-11(8)16-17-12/h1-7H,14H2,(H,15,18). The second kappa shape index (κ2) is 3.96. The highest BCUT2D eigenvalue weighted by molar-refractivity contribution is 5.81. The van der Waals surface area contributed by atoms with Gasteiger partial charge in [0.2, 0.25) is 0 Å². The Morgan fingerprint density at radius 3 is 2.78 bits per heavy atom. The lowest BCUT2D eigenvalue weighted by molar-refractivity contribution is 1.08. The minimum atomic E-state index is -0.299. The van der Waals surface area contributed by atoms with E-state index in [0.717, 1.165) is 16.5 Å². The molecule has 1 aromatic carbocycles. The maximum atomic E-state index is 11.2. The van der Waals surface area contributed by atoms with Crippen molar-refractivity contribution in [3.8, 4) is 11.3 Å². The number of hydrogen-bond donors (Lipinski definition) is 2. The Bertz CT molecular complexity index is 779. The van der Waals surface area contributed by atoms with Gasteiger partial charge in [-0.05, 0) is 18.2 Å². The zero-order valence-corrected chi connectivity index (χ0v) is 9.42. The molecular weight excluding hydrogens is 228 g/mol. The molecule has 0 unspecified atom stereocenters. The van der Waals surface area contributed by atoms with E-state index in [-0.39, 0.29) is 11.2 Å². The second-order valence-electron chi connectivity index (χ2n) is 3.96. The molecule has 0 fully saturated rings. The highest BCUT2D eigenvalue weighted by Gasteiger charge is 2.04. The van der Waals surface area contributed by atoms with Crippen LogP contribution < -0.4 is 11.3 Å². The van der Waals surface area contributed by atoms with Crippen LogP contribution in [0.2, 0.25) is 0 Å². The summed E-state index contributed by atoms with van der Waals surface area (Å²) in [6, 6.07) is 11.2. The summed E-state index contributed by atoms with van der Waals surface area (Å²) in [6.07, 6.45) is 1.58. The molecule has 0 spiro atoms. The molecule has 0 aliphatic heterocycles. The van der Waals surface area contributed by atoms with E-state index in [1.165, 1.54) is 0 Å². The minimum Gasteiger partial charge on any atom is -0.394 e. The molecule has 0 bridgehead atoms. The van der Waals surface area contributed by atoms with Gasteiger partial charge in [-0.25, -0.2) is 0 Å². The van der Waals surface area contributed by atoms with Crippen LogP contribution in [0.5, 0.6) is 0 Å². The van der Waals surface area contributed by atoms with Crippen molar-refractivity contribution in [2.75, 3.05) is 5.73 Å². The molecule has 0 saturated carbocycles. The van der Waals surface area contributed by atoms with E-state index in [1.54, 1.807) is 12.3 Å². The number of aromatic amines is 1. The Morgan fingerprint density at radius 2 is 1.94 bits per heavy atom. The van der Waals surface area contributed by atoms with Crippen LogP contribution in [0.4, 0.5) is 5.69 Å². The molecule has 5 nitrogen and oxygen atoms in total. The normalized spacial score (nSPS) is 10.7. The number of fused-ring (bicyclic) bond motifs is 1. The Kier molecular flexibility index (Phi) is 2.30. The summed E-state index contributed by atoms with van der Waals surface area (Å²) < 4.78 is 0. The van der Waals surface area contributed by atoms with Gasteiger partial charge in [0.15, 0.2) is 0 Å². The summed E-state index contributed by atoms with van der Waals surface area (Å²) in [5.74, 6) is 0. The number of H-pyrrole nitrogens is 1. The summed E-state index contributed by atoms with van der Waals surface area (Å²) in [7, 11) is 0. The van der Waals surface area contributed by atoms with Crippen LogP contribution in [0.25, 0.3) is 22.2 Å². The highest BCUT2D eigenvalue weighted by Crippen LogP contribution is 2.19. The zero-order valence-electron chi connectivity index (χ0n) is 9.42. The van der Waals surface area contributed by atoms with Crippen LogP contribution in [0.1, 0.15) is 0 Å². The van der Waals surface area contributed by atoms with Crippen LogP contribution in [0.3, 0.4) is 0 Å². The summed E-state index contributed by atoms with van der Waals surface area (Å²) >= 11 is 0. The van der Waals surface area contributed by atoms with E-state index in [9.17, 15) is 4.79 Å². The van der Waals surface area contributed by atoms with Crippen LogP contribution in [0, 0.1) is 0 Å². The number of nitrogen functional groups attached to an aromatic ring is 1. The van der Waals surface area contributed by atoms with Crippen molar-refractivity contribution in [1.82, 2.24) is 15.2 Å². The molecule has 0 amide bonds. The van der Waals surface area contributed by atoms with E-state index in [4.69, 9.17) is 5.73 Å². The first kappa shape index (κ1) is 10.5. The van der Waals surface area contributed by atoms with Crippen molar-refractivity contribution < 1.29 is 0 Å². The van der Waals surface area contributed by atoms with Crippen molar-refractivity contribution in [1.29, 1.82) is 0 Å². The SMILES string of the molecule is Nc1cc(-c2cc3ccccc3nn2)c[nH]c1=O. The number of anilines is 1. The molecule has 3 aromatic rings. The molecule has 0 atom stereocenters. The largest absolute Gasteiger partial charge is 0.394 e. The monoisotopic (exact) mass is 238 g/mol. The predicted molar refractivity (Wildman–Crippen MR) is 70.0 cm³/mol. The van der Waals surface area contributed by atoms with Crippen LogP contribution in [0.15, 0.2) is 47.4 Å². The van der Waals surface area contributed by atoms with Crippen LogP contribution in [-0.2, 0) is 0 Å². The van der Waals surface area contributed by atoms with Gasteiger partial charge in [-0.2, -0.15) is 0 Å². The third kappa shape index (κ3) is 1.71. The molecule has 2 aromatic heterocycles.